The quantitative estimate of drug-likeness (QED) is 0.184. The molecular formula is C33H30ClF2N9. The van der Waals surface area contributed by atoms with Gasteiger partial charge in [0.2, 0.25) is 0 Å². The maximum Gasteiger partial charge on any atom is 0.131 e. The lowest BCUT2D eigenvalue weighted by Gasteiger charge is -2.22. The largest absolute Gasteiger partial charge is 0.383 e. The molecule has 45 heavy (non-hydrogen) atoms. The molecule has 0 fully saturated rings. The number of hydrogen-bond donors (Lipinski definition) is 2. The van der Waals surface area contributed by atoms with Crippen LogP contribution in [0.4, 0.5) is 20.2 Å². The maximum absolute atomic E-state index is 14.4. The summed E-state index contributed by atoms with van der Waals surface area (Å²) < 4.78 is 32.1. The third-order valence-corrected chi connectivity index (χ3v) is 7.81. The van der Waals surface area contributed by atoms with E-state index in [-0.39, 0.29) is 17.5 Å². The number of nitrogens with one attached hydrogen (secondary N) is 2. The molecule has 9 nitrogen and oxygen atoms in total. The van der Waals surface area contributed by atoms with Gasteiger partial charge in [-0.1, -0.05) is 55.8 Å². The normalized spacial score (nSPS) is 12.4. The van der Waals surface area contributed by atoms with Crippen molar-refractivity contribution >= 4 is 44.8 Å². The molecule has 2 N–H and O–H groups in total. The first kappa shape index (κ1) is 30.0. The first-order valence-electron chi connectivity index (χ1n) is 14.3. The van der Waals surface area contributed by atoms with E-state index in [1.165, 1.54) is 29.1 Å². The number of benzene rings is 3. The second-order valence-corrected chi connectivity index (χ2v) is 12.5. The van der Waals surface area contributed by atoms with E-state index >= 15 is 0 Å². The van der Waals surface area contributed by atoms with Gasteiger partial charge in [-0.3, -0.25) is 9.67 Å². The lowest BCUT2D eigenvalue weighted by atomic mass is 9.96. The van der Waals surface area contributed by atoms with Crippen molar-refractivity contribution in [1.82, 2.24) is 29.8 Å². The fourth-order valence-corrected chi connectivity index (χ4v) is 5.54. The Kier molecular flexibility index (Phi) is 7.85. The van der Waals surface area contributed by atoms with Crippen molar-refractivity contribution in [2.45, 2.75) is 33.4 Å². The van der Waals surface area contributed by atoms with Crippen LogP contribution in [0.2, 0.25) is 5.02 Å². The van der Waals surface area contributed by atoms with Crippen molar-refractivity contribution < 1.29 is 8.78 Å². The molecule has 0 saturated heterocycles. The van der Waals surface area contributed by atoms with Gasteiger partial charge in [-0.25, -0.2) is 13.5 Å². The molecule has 3 heterocycles. The molecular weight excluding hydrogens is 596 g/mol. The van der Waals surface area contributed by atoms with Crippen LogP contribution in [-0.4, -0.2) is 36.3 Å². The van der Waals surface area contributed by atoms with Crippen LogP contribution in [0.3, 0.4) is 0 Å². The molecule has 0 bridgehead atoms. The molecule has 0 unspecified atom stereocenters. The predicted molar refractivity (Wildman–Crippen MR) is 171 cm³/mol. The van der Waals surface area contributed by atoms with E-state index in [0.29, 0.717) is 45.1 Å². The summed E-state index contributed by atoms with van der Waals surface area (Å²) in [7, 11) is 1.86. The van der Waals surface area contributed by atoms with Crippen LogP contribution in [-0.2, 0) is 13.6 Å². The topological polar surface area (TPSA) is 109 Å². The standard InChI is InChI=1S/C33H30ClF2N9/c1-33(2,3)18-39-30-19(13-37)14-38-31-22(30)11-20(12-25(31)34)41-32(21-7-5-10-29-23(21)15-40-44(29)4)28-17-45(43-42-28)16-24-26(35)8-6-9-27(24)36/h5-12,14-15,17,32,41H,16,18H2,1-4H3,(H,38,39)/t32-/m0/s1. The minimum absolute atomic E-state index is 0.0487. The highest BCUT2D eigenvalue weighted by molar-refractivity contribution is 6.35. The van der Waals surface area contributed by atoms with Gasteiger partial charge in [0, 0.05) is 41.8 Å². The van der Waals surface area contributed by atoms with Crippen molar-refractivity contribution in [2.75, 3.05) is 17.2 Å². The Morgan fingerprint density at radius 1 is 1.04 bits per heavy atom. The molecule has 6 rings (SSSR count). The summed E-state index contributed by atoms with van der Waals surface area (Å²) in [6.45, 7) is 6.79. The minimum atomic E-state index is -0.658. The predicted octanol–water partition coefficient (Wildman–Crippen LogP) is 7.22. The number of anilines is 2. The van der Waals surface area contributed by atoms with Crippen LogP contribution in [0.25, 0.3) is 21.8 Å². The summed E-state index contributed by atoms with van der Waals surface area (Å²) in [5.41, 5.74) is 4.37. The summed E-state index contributed by atoms with van der Waals surface area (Å²) in [4.78, 5) is 4.47. The van der Waals surface area contributed by atoms with Gasteiger partial charge < -0.3 is 10.6 Å². The minimum Gasteiger partial charge on any atom is -0.383 e. The maximum atomic E-state index is 14.4. The lowest BCUT2D eigenvalue weighted by Crippen LogP contribution is -2.20. The van der Waals surface area contributed by atoms with Crippen LogP contribution >= 0.6 is 11.6 Å². The Hall–Kier alpha value is -5.08. The van der Waals surface area contributed by atoms with Crippen molar-refractivity contribution in [2.24, 2.45) is 12.5 Å². The van der Waals surface area contributed by atoms with Gasteiger partial charge in [0.1, 0.15) is 23.4 Å². The van der Waals surface area contributed by atoms with Crippen LogP contribution in [0.1, 0.15) is 49.2 Å². The zero-order valence-electron chi connectivity index (χ0n) is 25.1. The fraction of sp³-hybridized carbons (Fsp3) is 0.242. The molecule has 228 valence electrons. The number of halogens is 3. The highest BCUT2D eigenvalue weighted by Crippen LogP contribution is 2.37. The Morgan fingerprint density at radius 3 is 2.53 bits per heavy atom. The number of rotatable bonds is 8. The van der Waals surface area contributed by atoms with Gasteiger partial charge in [0.25, 0.3) is 0 Å². The molecule has 0 saturated carbocycles. The van der Waals surface area contributed by atoms with E-state index in [4.69, 9.17) is 11.6 Å². The molecule has 1 atom stereocenters. The lowest BCUT2D eigenvalue weighted by molar-refractivity contribution is 0.443. The SMILES string of the molecule is Cn1ncc2c([C@H](Nc3cc(Cl)c4ncc(C#N)c(NCC(C)(C)C)c4c3)c3cn(Cc4c(F)cccc4F)nn3)cccc21. The van der Waals surface area contributed by atoms with Crippen LogP contribution < -0.4 is 10.6 Å². The van der Waals surface area contributed by atoms with Gasteiger partial charge >= 0.3 is 0 Å². The second kappa shape index (κ2) is 11.8. The highest BCUT2D eigenvalue weighted by atomic mass is 35.5. The molecule has 3 aromatic carbocycles. The molecule has 0 amide bonds. The van der Waals surface area contributed by atoms with E-state index < -0.39 is 17.7 Å². The molecule has 0 aliphatic carbocycles. The number of hydrogen-bond acceptors (Lipinski definition) is 7. The van der Waals surface area contributed by atoms with Crippen molar-refractivity contribution in [3.63, 3.8) is 0 Å². The summed E-state index contributed by atoms with van der Waals surface area (Å²) >= 11 is 6.79. The van der Waals surface area contributed by atoms with Crippen molar-refractivity contribution in [3.05, 3.63) is 106 Å². The van der Waals surface area contributed by atoms with E-state index in [0.717, 1.165) is 16.5 Å². The Morgan fingerprint density at radius 2 is 1.80 bits per heavy atom. The average Bonchev–Trinajstić information content (AvgIpc) is 3.63. The summed E-state index contributed by atoms with van der Waals surface area (Å²) in [5, 5.41) is 31.9. The van der Waals surface area contributed by atoms with E-state index in [1.807, 2.05) is 31.3 Å². The zero-order valence-corrected chi connectivity index (χ0v) is 25.9. The Labute approximate surface area is 263 Å². The number of fused-ring (bicyclic) bond motifs is 2. The summed E-state index contributed by atoms with van der Waals surface area (Å²) in [5.74, 6) is -1.32. The third-order valence-electron chi connectivity index (χ3n) is 7.52. The Bertz CT molecular complexity index is 2070. The number of nitriles is 1. The number of aryl methyl sites for hydroxylation is 1. The van der Waals surface area contributed by atoms with Crippen LogP contribution in [0.5, 0.6) is 0 Å². The van der Waals surface area contributed by atoms with E-state index in [9.17, 15) is 14.0 Å². The van der Waals surface area contributed by atoms with E-state index in [2.05, 4.69) is 57.9 Å². The van der Waals surface area contributed by atoms with Gasteiger partial charge in [0.15, 0.2) is 0 Å². The van der Waals surface area contributed by atoms with Gasteiger partial charge in [-0.2, -0.15) is 10.4 Å². The molecule has 0 spiro atoms. The molecule has 3 aromatic heterocycles. The van der Waals surface area contributed by atoms with Crippen molar-refractivity contribution in [1.29, 1.82) is 5.26 Å². The molecule has 0 aliphatic rings. The molecule has 0 radical (unpaired) electrons. The summed E-state index contributed by atoms with van der Waals surface area (Å²) in [6.07, 6.45) is 4.96. The highest BCUT2D eigenvalue weighted by Gasteiger charge is 2.24. The Balaban J connectivity index is 1.46. The van der Waals surface area contributed by atoms with Crippen molar-refractivity contribution in [3.8, 4) is 6.07 Å². The first-order chi connectivity index (χ1) is 21.5. The van der Waals surface area contributed by atoms with E-state index in [1.54, 1.807) is 23.1 Å². The number of pyridine rings is 1. The third kappa shape index (κ3) is 6.01. The number of nitrogens with zero attached hydrogens (tertiary/aromatic N) is 7. The van der Waals surface area contributed by atoms with Gasteiger partial charge in [-0.15, -0.1) is 5.10 Å². The van der Waals surface area contributed by atoms with Crippen LogP contribution in [0, 0.1) is 28.4 Å². The monoisotopic (exact) mass is 625 g/mol. The summed E-state index contributed by atoms with van der Waals surface area (Å²) in [6, 6.07) is 14.9. The second-order valence-electron chi connectivity index (χ2n) is 12.1. The van der Waals surface area contributed by atoms with Gasteiger partial charge in [-0.05, 0) is 41.3 Å². The molecule has 6 aromatic rings. The number of aromatic nitrogens is 6. The zero-order chi connectivity index (χ0) is 31.9. The molecule has 0 aliphatic heterocycles. The van der Waals surface area contributed by atoms with Gasteiger partial charge in [0.05, 0.1) is 52.3 Å². The van der Waals surface area contributed by atoms with Crippen LogP contribution in [0.15, 0.2) is 67.1 Å². The fourth-order valence-electron chi connectivity index (χ4n) is 5.27. The average molecular weight is 626 g/mol. The smallest absolute Gasteiger partial charge is 0.131 e. The first-order valence-corrected chi connectivity index (χ1v) is 14.7. The molecule has 12 heteroatoms.